The molecule has 0 aliphatic carbocycles. The van der Waals surface area contributed by atoms with Crippen LogP contribution in [0.1, 0.15) is 9.60 Å². The van der Waals surface area contributed by atoms with Crippen LogP contribution in [0.3, 0.4) is 0 Å². The number of furan rings is 1. The first kappa shape index (κ1) is 25.4. The van der Waals surface area contributed by atoms with E-state index >= 15 is 0 Å². The molecule has 0 bridgehead atoms. The number of rotatable bonds is 6. The van der Waals surface area contributed by atoms with Gasteiger partial charge in [0, 0.05) is 50.0 Å². The second-order valence-electron chi connectivity index (χ2n) is 13.5. The van der Waals surface area contributed by atoms with Crippen molar-refractivity contribution in [1.29, 1.82) is 0 Å². The van der Waals surface area contributed by atoms with Crippen molar-refractivity contribution in [3.8, 4) is 62.1 Å². The van der Waals surface area contributed by atoms with Crippen LogP contribution in [0.15, 0.2) is 198 Å². The van der Waals surface area contributed by atoms with Crippen LogP contribution in [-0.4, -0.2) is 19.5 Å². The van der Waals surface area contributed by atoms with Gasteiger partial charge in [-0.25, -0.2) is 15.0 Å². The summed E-state index contributed by atoms with van der Waals surface area (Å²) in [5.41, 5.74) is 7.36. The second-order valence-corrected chi connectivity index (χ2v) is 13.5. The van der Waals surface area contributed by atoms with Crippen molar-refractivity contribution in [2.45, 2.75) is 0 Å². The minimum Gasteiger partial charge on any atom is -0.456 e. The fourth-order valence-electron chi connectivity index (χ4n) is 7.58. The first-order valence-corrected chi connectivity index (χ1v) is 18.2. The van der Waals surface area contributed by atoms with Crippen LogP contribution < -0.4 is 0 Å². The lowest BCUT2D eigenvalue weighted by Crippen LogP contribution is -2.02. The normalized spacial score (nSPS) is 13.3. The van der Waals surface area contributed by atoms with Crippen molar-refractivity contribution in [3.63, 3.8) is 0 Å². The van der Waals surface area contributed by atoms with Crippen molar-refractivity contribution >= 4 is 43.7 Å². The summed E-state index contributed by atoms with van der Waals surface area (Å²) < 4.78 is 72.3. The summed E-state index contributed by atoms with van der Waals surface area (Å²) in [6.45, 7) is 0. The van der Waals surface area contributed by atoms with Crippen LogP contribution in [-0.2, 0) is 0 Å². The van der Waals surface area contributed by atoms with Gasteiger partial charge < -0.3 is 8.98 Å². The molecule has 0 unspecified atom stereocenters. The summed E-state index contributed by atoms with van der Waals surface area (Å²) in [6.07, 6.45) is 0. The number of aromatic nitrogens is 4. The van der Waals surface area contributed by atoms with E-state index in [1.165, 1.54) is 0 Å². The van der Waals surface area contributed by atoms with Crippen LogP contribution >= 0.6 is 0 Å². The molecule has 0 aliphatic heterocycles. The fraction of sp³-hybridized carbons (Fsp3) is 0. The van der Waals surface area contributed by atoms with Crippen LogP contribution in [0.25, 0.3) is 106 Å². The molecule has 56 heavy (non-hydrogen) atoms. The van der Waals surface area contributed by atoms with E-state index in [4.69, 9.17) is 23.5 Å². The average molecular weight is 724 g/mol. The van der Waals surface area contributed by atoms with E-state index in [0.29, 0.717) is 39.6 Å². The van der Waals surface area contributed by atoms with Crippen molar-refractivity contribution in [2.24, 2.45) is 0 Å². The van der Waals surface area contributed by atoms with E-state index < -0.39 is 18.1 Å². The number of nitrogens with zero attached hydrogens (tertiary/aromatic N) is 4. The smallest absolute Gasteiger partial charge is 0.166 e. The lowest BCUT2D eigenvalue weighted by molar-refractivity contribution is 0.668. The molecular weight excluding hydrogens is 685 g/mol. The maximum absolute atomic E-state index is 9.56. The van der Waals surface area contributed by atoms with Crippen LogP contribution in [0, 0.1) is 0 Å². The van der Waals surface area contributed by atoms with Crippen molar-refractivity contribution in [2.75, 3.05) is 0 Å². The Morgan fingerprint density at radius 3 is 1.79 bits per heavy atom. The number of fused-ring (bicyclic) bond motifs is 6. The number of hydrogen-bond donors (Lipinski definition) is 0. The maximum Gasteiger partial charge on any atom is 0.166 e. The topological polar surface area (TPSA) is 56.7 Å². The lowest BCUT2D eigenvalue weighted by atomic mass is 9.99. The highest BCUT2D eigenvalue weighted by atomic mass is 16.3. The highest BCUT2D eigenvalue weighted by Crippen LogP contribution is 2.41. The fourth-order valence-corrected chi connectivity index (χ4v) is 7.58. The van der Waals surface area contributed by atoms with Gasteiger partial charge >= 0.3 is 0 Å². The van der Waals surface area contributed by atoms with Crippen molar-refractivity contribution < 1.29 is 14.0 Å². The molecule has 5 heteroatoms. The van der Waals surface area contributed by atoms with Crippen LogP contribution in [0.2, 0.25) is 0 Å². The second kappa shape index (κ2) is 13.0. The van der Waals surface area contributed by atoms with E-state index in [0.717, 1.165) is 33.0 Å². The van der Waals surface area contributed by atoms with Gasteiger partial charge in [-0.05, 0) is 52.5 Å². The highest BCUT2D eigenvalue weighted by Gasteiger charge is 2.21. The van der Waals surface area contributed by atoms with Crippen LogP contribution in [0.5, 0.6) is 0 Å². The van der Waals surface area contributed by atoms with E-state index in [1.54, 1.807) is 10.6 Å². The molecule has 5 nitrogen and oxygen atoms in total. The molecule has 11 rings (SSSR count). The summed E-state index contributed by atoms with van der Waals surface area (Å²) in [5, 5.41) is 1.86. The number of para-hydroxylation sites is 2. The zero-order valence-corrected chi connectivity index (χ0v) is 29.6. The lowest BCUT2D eigenvalue weighted by Gasteiger charge is -2.13. The SMILES string of the molecule is [2H]c1c([2H])c([2H])c2c(c1[2H])c1c([2H])c([2H])c([2H])c(-c3nc(-c4ccccc4)nc(-c4ccc(-c5ccccc5)cc4)n3)c1n2-c1ccc2c(c1)oc1cccc(-c3ccccc3)c12. The Hall–Kier alpha value is -7.63. The molecule has 3 heterocycles. The predicted octanol–water partition coefficient (Wildman–Crippen LogP) is 13.2. The molecular formula is C51H32N4O. The molecule has 0 fully saturated rings. The molecule has 0 N–H and O–H groups in total. The van der Waals surface area contributed by atoms with Gasteiger partial charge in [0.15, 0.2) is 17.5 Å². The summed E-state index contributed by atoms with van der Waals surface area (Å²) in [6, 6.07) is 45.8. The molecule has 11 aromatic rings. The minimum absolute atomic E-state index is 0.0334. The zero-order valence-electron chi connectivity index (χ0n) is 36.6. The first-order chi connectivity index (χ1) is 30.7. The Bertz CT molecular complexity index is 3630. The summed E-state index contributed by atoms with van der Waals surface area (Å²) in [5.74, 6) is 0.644. The average Bonchev–Trinajstić information content (AvgIpc) is 3.89. The molecule has 3 aromatic heterocycles. The maximum atomic E-state index is 9.56. The summed E-state index contributed by atoms with van der Waals surface area (Å²) in [7, 11) is 0. The molecule has 0 saturated heterocycles. The van der Waals surface area contributed by atoms with E-state index in [-0.39, 0.29) is 57.4 Å². The Balaban J connectivity index is 1.23. The summed E-state index contributed by atoms with van der Waals surface area (Å²) >= 11 is 0. The molecule has 0 saturated carbocycles. The van der Waals surface area contributed by atoms with Gasteiger partial charge in [-0.1, -0.05) is 158 Å². The van der Waals surface area contributed by atoms with Gasteiger partial charge in [-0.3, -0.25) is 0 Å². The third-order valence-corrected chi connectivity index (χ3v) is 10.2. The Morgan fingerprint density at radius 2 is 1.04 bits per heavy atom. The van der Waals surface area contributed by atoms with Crippen LogP contribution in [0.4, 0.5) is 0 Å². The van der Waals surface area contributed by atoms with E-state index in [2.05, 4.69) is 0 Å². The molecule has 0 radical (unpaired) electrons. The van der Waals surface area contributed by atoms with Gasteiger partial charge in [0.2, 0.25) is 0 Å². The van der Waals surface area contributed by atoms with Gasteiger partial charge in [0.25, 0.3) is 0 Å². The van der Waals surface area contributed by atoms with Gasteiger partial charge in [-0.15, -0.1) is 0 Å². The molecule has 0 spiro atoms. The zero-order chi connectivity index (χ0) is 43.1. The largest absolute Gasteiger partial charge is 0.456 e. The number of benzene rings is 8. The molecule has 262 valence electrons. The van der Waals surface area contributed by atoms with Crippen molar-refractivity contribution in [3.05, 3.63) is 194 Å². The van der Waals surface area contributed by atoms with E-state index in [1.807, 2.05) is 146 Å². The van der Waals surface area contributed by atoms with Gasteiger partial charge in [0.1, 0.15) is 11.2 Å². The standard InChI is InChI=1S/C51H32N4O/c1-4-14-33(15-5-1)34-26-28-37(29-27-34)50-52-49(36-18-8-3-9-19-36)53-51(54-50)43-23-12-22-41-40-20-10-11-24-44(40)55(48(41)43)38-30-31-42-46(32-38)56-45-25-13-21-39(47(42)45)35-16-6-2-7-17-35/h1-32H/i10D,11D,12D,20D,22D,23D,24D. The molecule has 0 atom stereocenters. The van der Waals surface area contributed by atoms with Gasteiger partial charge in [-0.2, -0.15) is 0 Å². The Kier molecular flexibility index (Phi) is 5.92. The first-order valence-electron chi connectivity index (χ1n) is 21.7. The van der Waals surface area contributed by atoms with Crippen molar-refractivity contribution in [1.82, 2.24) is 19.5 Å². The highest BCUT2D eigenvalue weighted by molar-refractivity contribution is 6.15. The Labute approximate surface area is 332 Å². The third-order valence-electron chi connectivity index (χ3n) is 10.2. The van der Waals surface area contributed by atoms with E-state index in [9.17, 15) is 5.48 Å². The Morgan fingerprint density at radius 1 is 0.429 bits per heavy atom. The number of hydrogen-bond acceptors (Lipinski definition) is 4. The molecule has 0 amide bonds. The monoisotopic (exact) mass is 723 g/mol. The predicted molar refractivity (Wildman–Crippen MR) is 229 cm³/mol. The third kappa shape index (κ3) is 5.29. The summed E-state index contributed by atoms with van der Waals surface area (Å²) in [4.78, 5) is 14.9. The quantitative estimate of drug-likeness (QED) is 0.171. The molecule has 8 aromatic carbocycles. The van der Waals surface area contributed by atoms with Gasteiger partial charge in [0.05, 0.1) is 20.6 Å². The molecule has 0 aliphatic rings. The minimum atomic E-state index is -0.483.